The molecule has 0 bridgehead atoms. The predicted molar refractivity (Wildman–Crippen MR) is 82.9 cm³/mol. The second kappa shape index (κ2) is 11.1. The maximum atomic E-state index is 10.00. The first-order valence-corrected chi connectivity index (χ1v) is 7.05. The van der Waals surface area contributed by atoms with Gasteiger partial charge in [-0.15, -0.1) is 0 Å². The molecule has 8 N–H and O–H groups in total. The topological polar surface area (TPSA) is 190 Å². The quantitative estimate of drug-likeness (QED) is 0.208. The average molecular weight is 390 g/mol. The summed E-state index contributed by atoms with van der Waals surface area (Å²) in [6.07, 6.45) is -12.7. The van der Waals surface area contributed by atoms with Gasteiger partial charge in [-0.05, 0) is 0 Å². The third-order valence-corrected chi connectivity index (χ3v) is 4.07. The van der Waals surface area contributed by atoms with Gasteiger partial charge in [-0.1, -0.05) is 0 Å². The summed E-state index contributed by atoms with van der Waals surface area (Å²) in [6.45, 7) is -2.32. The number of hydrogen-bond donors (Lipinski definition) is 8. The van der Waals surface area contributed by atoms with E-state index in [2.05, 4.69) is 0 Å². The maximum absolute atomic E-state index is 10.00. The van der Waals surface area contributed by atoms with Crippen molar-refractivity contribution in [3.8, 4) is 0 Å². The molecule has 2 fully saturated rings. The monoisotopic (exact) mass is 390 g/mol. The van der Waals surface area contributed by atoms with Gasteiger partial charge >= 0.3 is 70.2 Å². The third-order valence-electron chi connectivity index (χ3n) is 4.07. The van der Waals surface area contributed by atoms with Gasteiger partial charge in [-0.3, -0.25) is 0 Å². The third kappa shape index (κ3) is 5.24. The first kappa shape index (κ1) is 26.8. The van der Waals surface area contributed by atoms with Crippen LogP contribution in [-0.4, -0.2) is 186 Å². The zero-order valence-corrected chi connectivity index (χ0v) is 12.0. The molecule has 0 aromatic heterocycles. The predicted octanol–water partition coefficient (Wildman–Crippen LogP) is -6.69. The van der Waals surface area contributed by atoms with Gasteiger partial charge in [0, 0.05) is 0 Å². The van der Waals surface area contributed by atoms with Gasteiger partial charge in [0.2, 0.25) is 5.79 Å². The molecule has 0 amide bonds. The first-order chi connectivity index (χ1) is 10.8. The normalized spacial score (nSPS) is 47.0. The number of rotatable bonds is 5. The SMILES string of the molecule is OC[C@H]1O[C@@](CO)(O[C@H]2O[C@H](CO)[C@@H](O)[C@H](O)[C@H]2O)[C@@H](O)[C@@H]1O.[KH].[LiH]. The molecule has 2 rings (SSSR count). The van der Waals surface area contributed by atoms with Crippen molar-refractivity contribution in [3.63, 3.8) is 0 Å². The minimum atomic E-state index is -2.22. The van der Waals surface area contributed by atoms with Crippen LogP contribution in [0.25, 0.3) is 0 Å². The Morgan fingerprint density at radius 2 is 1.36 bits per heavy atom. The molecule has 140 valence electrons. The van der Waals surface area contributed by atoms with Crippen LogP contribution in [0.3, 0.4) is 0 Å². The van der Waals surface area contributed by atoms with Gasteiger partial charge in [0.1, 0.15) is 49.3 Å². The molecule has 2 aliphatic rings. The van der Waals surface area contributed by atoms with Crippen LogP contribution in [0.5, 0.6) is 0 Å². The number of aliphatic hydroxyl groups is 8. The van der Waals surface area contributed by atoms with Crippen molar-refractivity contribution in [2.75, 3.05) is 19.8 Å². The molecule has 2 aliphatic heterocycles. The van der Waals surface area contributed by atoms with E-state index >= 15 is 0 Å². The van der Waals surface area contributed by atoms with Crippen LogP contribution in [-0.2, 0) is 14.2 Å². The summed E-state index contributed by atoms with van der Waals surface area (Å²) in [7, 11) is 0. The number of ether oxygens (including phenoxy) is 3. The summed E-state index contributed by atoms with van der Waals surface area (Å²) in [5, 5.41) is 76.7. The molecule has 2 saturated heterocycles. The van der Waals surface area contributed by atoms with Crippen molar-refractivity contribution < 1.29 is 55.1 Å². The van der Waals surface area contributed by atoms with Crippen LogP contribution < -0.4 is 0 Å². The van der Waals surface area contributed by atoms with Crippen LogP contribution in [0.4, 0.5) is 0 Å². The molecule has 9 atom stereocenters. The summed E-state index contributed by atoms with van der Waals surface area (Å²) >= 11 is 0. The second-order valence-corrected chi connectivity index (χ2v) is 5.56. The summed E-state index contributed by atoms with van der Waals surface area (Å²) in [4.78, 5) is 0. The molecule has 0 radical (unpaired) electrons. The van der Waals surface area contributed by atoms with Crippen LogP contribution in [0.15, 0.2) is 0 Å². The Kier molecular flexibility index (Phi) is 11.9. The second-order valence-electron chi connectivity index (χ2n) is 5.56. The Hall–Kier alpha value is 1.79. The first-order valence-electron chi connectivity index (χ1n) is 7.05. The van der Waals surface area contributed by atoms with Crippen molar-refractivity contribution in [1.29, 1.82) is 0 Å². The van der Waals surface area contributed by atoms with Crippen LogP contribution in [0.1, 0.15) is 0 Å². The van der Waals surface area contributed by atoms with E-state index in [1.54, 1.807) is 0 Å². The van der Waals surface area contributed by atoms with Crippen LogP contribution >= 0.6 is 0 Å². The minimum absolute atomic E-state index is 0. The van der Waals surface area contributed by atoms with E-state index in [9.17, 15) is 30.6 Å². The van der Waals surface area contributed by atoms with E-state index < -0.39 is 74.6 Å². The Morgan fingerprint density at radius 3 is 1.80 bits per heavy atom. The fourth-order valence-corrected chi connectivity index (χ4v) is 2.63. The van der Waals surface area contributed by atoms with Crippen molar-refractivity contribution in [3.05, 3.63) is 0 Å². The van der Waals surface area contributed by atoms with E-state index in [1.807, 2.05) is 0 Å². The van der Waals surface area contributed by atoms with Crippen LogP contribution in [0.2, 0.25) is 0 Å². The van der Waals surface area contributed by atoms with E-state index in [-0.39, 0.29) is 70.2 Å². The molecule has 0 unspecified atom stereocenters. The zero-order chi connectivity index (χ0) is 17.4. The van der Waals surface area contributed by atoms with Gasteiger partial charge < -0.3 is 55.1 Å². The molecular formula is C12H24KLiO11. The molecule has 0 saturated carbocycles. The fraction of sp³-hybridized carbons (Fsp3) is 1.00. The van der Waals surface area contributed by atoms with Gasteiger partial charge in [0.15, 0.2) is 6.29 Å². The Bertz CT molecular complexity index is 405. The van der Waals surface area contributed by atoms with Gasteiger partial charge in [0.05, 0.1) is 13.2 Å². The molecular weight excluding hydrogens is 366 g/mol. The Morgan fingerprint density at radius 1 is 0.800 bits per heavy atom. The van der Waals surface area contributed by atoms with Crippen molar-refractivity contribution >= 4 is 70.2 Å². The van der Waals surface area contributed by atoms with Crippen molar-refractivity contribution in [2.45, 2.75) is 54.8 Å². The molecule has 0 spiro atoms. The molecule has 25 heavy (non-hydrogen) atoms. The van der Waals surface area contributed by atoms with Gasteiger partial charge in [-0.2, -0.15) is 0 Å². The molecule has 0 aromatic rings. The Balaban J connectivity index is 0.00000288. The Labute approximate surface area is 198 Å². The van der Waals surface area contributed by atoms with Crippen molar-refractivity contribution in [1.82, 2.24) is 0 Å². The van der Waals surface area contributed by atoms with Gasteiger partial charge in [0.25, 0.3) is 0 Å². The molecule has 0 aromatic carbocycles. The summed E-state index contributed by atoms with van der Waals surface area (Å²) in [6, 6.07) is 0. The zero-order valence-electron chi connectivity index (χ0n) is 12.0. The molecule has 11 nitrogen and oxygen atoms in total. The van der Waals surface area contributed by atoms with E-state index in [0.29, 0.717) is 0 Å². The summed E-state index contributed by atoms with van der Waals surface area (Å²) in [5.74, 6) is -2.22. The van der Waals surface area contributed by atoms with E-state index in [0.717, 1.165) is 0 Å². The number of hydrogen-bond acceptors (Lipinski definition) is 11. The standard InChI is InChI=1S/C12H22O11.K.Li.2H/c13-1-4-6(16)8(18)9(19)11(21-4)23-12(3-15)10(20)7(17)5(2-14)22-12;;;;/h4-11,13-20H,1-3H2;;;;/t4-,5-,6-,7-,8+,9-,10+,11-,12+;;;;/m1..../s1. The fourth-order valence-electron chi connectivity index (χ4n) is 2.63. The average Bonchev–Trinajstić information content (AvgIpc) is 2.80. The number of aliphatic hydroxyl groups excluding tert-OH is 8. The molecule has 13 heteroatoms. The summed E-state index contributed by atoms with van der Waals surface area (Å²) in [5.41, 5.74) is 0. The summed E-state index contributed by atoms with van der Waals surface area (Å²) < 4.78 is 15.4. The van der Waals surface area contributed by atoms with Gasteiger partial charge in [-0.25, -0.2) is 0 Å². The molecule has 2 heterocycles. The van der Waals surface area contributed by atoms with Crippen LogP contribution in [0, 0.1) is 0 Å². The molecule has 0 aliphatic carbocycles. The van der Waals surface area contributed by atoms with E-state index in [1.165, 1.54) is 0 Å². The van der Waals surface area contributed by atoms with E-state index in [4.69, 9.17) is 24.4 Å². The van der Waals surface area contributed by atoms with Crippen molar-refractivity contribution in [2.24, 2.45) is 0 Å².